The molecule has 0 saturated heterocycles. The lowest BCUT2D eigenvalue weighted by molar-refractivity contribution is -0.597. The van der Waals surface area contributed by atoms with Crippen molar-refractivity contribution in [3.63, 3.8) is 0 Å². The highest BCUT2D eigenvalue weighted by molar-refractivity contribution is 5.62. The molecule has 2 aromatic heterocycles. The van der Waals surface area contributed by atoms with Crippen LogP contribution in [-0.4, -0.2) is 0 Å². The lowest BCUT2D eigenvalue weighted by Crippen LogP contribution is -2.30. The molecule has 0 bridgehead atoms. The van der Waals surface area contributed by atoms with Crippen LogP contribution in [0.15, 0.2) is 104 Å². The summed E-state index contributed by atoms with van der Waals surface area (Å²) in [5.41, 5.74) is 3.45. The number of benzene rings is 2. The summed E-state index contributed by atoms with van der Waals surface area (Å²) in [7, 11) is 0. The van der Waals surface area contributed by atoms with Crippen LogP contribution >= 0.6 is 0 Å². The molecule has 0 fully saturated rings. The molecule has 0 N–H and O–H groups in total. The van der Waals surface area contributed by atoms with Gasteiger partial charge in [-0.05, 0) is 5.56 Å². The standard InChI is InChI=1S/C22H17FN2/c23-22-17-25(20-9-5-2-6-10-20)16-13-21(22)18-11-14-24(15-12-18)19-7-3-1-4-8-19/h1-17H/q+2. The summed E-state index contributed by atoms with van der Waals surface area (Å²) in [6, 6.07) is 25.4. The Balaban J connectivity index is 1.66. The molecule has 120 valence electrons. The number of pyridine rings is 2. The Morgan fingerprint density at radius 1 is 0.560 bits per heavy atom. The summed E-state index contributed by atoms with van der Waals surface area (Å²) in [4.78, 5) is 0. The summed E-state index contributed by atoms with van der Waals surface area (Å²) in [5.74, 6) is -0.246. The maximum Gasteiger partial charge on any atom is 0.211 e. The average Bonchev–Trinajstić information content (AvgIpc) is 2.69. The Kier molecular flexibility index (Phi) is 4.05. The van der Waals surface area contributed by atoms with Crippen LogP contribution in [0.5, 0.6) is 0 Å². The van der Waals surface area contributed by atoms with Crippen molar-refractivity contribution >= 4 is 0 Å². The normalized spacial score (nSPS) is 10.6. The van der Waals surface area contributed by atoms with E-state index in [1.54, 1.807) is 4.57 Å². The highest BCUT2D eigenvalue weighted by Crippen LogP contribution is 2.20. The van der Waals surface area contributed by atoms with Gasteiger partial charge in [-0.15, -0.1) is 0 Å². The molecule has 0 aliphatic carbocycles. The number of rotatable bonds is 3. The molecule has 3 heteroatoms. The fourth-order valence-electron chi connectivity index (χ4n) is 2.84. The van der Waals surface area contributed by atoms with E-state index in [0.717, 1.165) is 16.9 Å². The van der Waals surface area contributed by atoms with Gasteiger partial charge in [-0.3, -0.25) is 0 Å². The van der Waals surface area contributed by atoms with Gasteiger partial charge in [-0.25, -0.2) is 0 Å². The molecule has 0 atom stereocenters. The van der Waals surface area contributed by atoms with Crippen molar-refractivity contribution in [3.8, 4) is 22.5 Å². The quantitative estimate of drug-likeness (QED) is 0.501. The lowest BCUT2D eigenvalue weighted by Gasteiger charge is -2.03. The summed E-state index contributed by atoms with van der Waals surface area (Å²) in [6.45, 7) is 0. The van der Waals surface area contributed by atoms with Crippen molar-refractivity contribution in [2.24, 2.45) is 0 Å². The van der Waals surface area contributed by atoms with Gasteiger partial charge < -0.3 is 0 Å². The molecular weight excluding hydrogens is 311 g/mol. The molecular formula is C22H17FN2+2. The van der Waals surface area contributed by atoms with Crippen LogP contribution in [0.3, 0.4) is 0 Å². The van der Waals surface area contributed by atoms with Crippen molar-refractivity contribution < 1.29 is 13.5 Å². The van der Waals surface area contributed by atoms with Crippen molar-refractivity contribution in [3.05, 3.63) is 109 Å². The van der Waals surface area contributed by atoms with Gasteiger partial charge in [0.25, 0.3) is 0 Å². The second-order valence-corrected chi connectivity index (χ2v) is 5.78. The van der Waals surface area contributed by atoms with Crippen molar-refractivity contribution in [2.45, 2.75) is 0 Å². The molecule has 0 aliphatic heterocycles. The third-order valence-electron chi connectivity index (χ3n) is 4.16. The zero-order chi connectivity index (χ0) is 17.1. The molecule has 0 spiro atoms. The van der Waals surface area contributed by atoms with Gasteiger partial charge in [0.1, 0.15) is 0 Å². The van der Waals surface area contributed by atoms with Gasteiger partial charge in [0.2, 0.25) is 17.6 Å². The van der Waals surface area contributed by atoms with Crippen LogP contribution in [0.1, 0.15) is 0 Å². The van der Waals surface area contributed by atoms with E-state index in [9.17, 15) is 4.39 Å². The highest BCUT2D eigenvalue weighted by atomic mass is 19.1. The summed E-state index contributed by atoms with van der Waals surface area (Å²) in [6.07, 6.45) is 7.29. The number of halogens is 1. The maximum absolute atomic E-state index is 14.6. The van der Waals surface area contributed by atoms with Gasteiger partial charge in [-0.1, -0.05) is 36.4 Å². The molecule has 25 heavy (non-hydrogen) atoms. The first-order chi connectivity index (χ1) is 12.3. The number of hydrogen-bond donors (Lipinski definition) is 0. The minimum atomic E-state index is -0.246. The second kappa shape index (κ2) is 6.65. The van der Waals surface area contributed by atoms with Crippen LogP contribution in [0.25, 0.3) is 22.5 Å². The Morgan fingerprint density at radius 2 is 1.08 bits per heavy atom. The summed E-state index contributed by atoms with van der Waals surface area (Å²) in [5, 5.41) is 0. The zero-order valence-corrected chi connectivity index (χ0v) is 13.6. The van der Waals surface area contributed by atoms with Gasteiger partial charge in [0.15, 0.2) is 24.4 Å². The number of para-hydroxylation sites is 2. The van der Waals surface area contributed by atoms with E-state index in [1.807, 2.05) is 102 Å². The minimum absolute atomic E-state index is 0.246. The van der Waals surface area contributed by atoms with E-state index in [-0.39, 0.29) is 5.82 Å². The zero-order valence-electron chi connectivity index (χ0n) is 13.6. The van der Waals surface area contributed by atoms with E-state index >= 15 is 0 Å². The van der Waals surface area contributed by atoms with E-state index in [4.69, 9.17) is 0 Å². The summed E-state index contributed by atoms with van der Waals surface area (Å²) >= 11 is 0. The molecule has 2 nitrogen and oxygen atoms in total. The van der Waals surface area contributed by atoms with E-state index < -0.39 is 0 Å². The molecule has 0 unspecified atom stereocenters. The Morgan fingerprint density at radius 3 is 1.64 bits per heavy atom. The van der Waals surface area contributed by atoms with Crippen LogP contribution in [0, 0.1) is 5.82 Å². The van der Waals surface area contributed by atoms with Crippen molar-refractivity contribution in [2.75, 3.05) is 0 Å². The van der Waals surface area contributed by atoms with Gasteiger partial charge >= 0.3 is 0 Å². The highest BCUT2D eigenvalue weighted by Gasteiger charge is 2.14. The van der Waals surface area contributed by atoms with Crippen LogP contribution in [0.4, 0.5) is 4.39 Å². The molecule has 0 radical (unpaired) electrons. The monoisotopic (exact) mass is 328 g/mol. The SMILES string of the molecule is Fc1c[n+](-c2ccccc2)ccc1-c1cc[n+](-c2ccccc2)cc1. The third kappa shape index (κ3) is 3.17. The first-order valence-corrected chi connectivity index (χ1v) is 8.15. The Labute approximate surface area is 146 Å². The number of hydrogen-bond acceptors (Lipinski definition) is 0. The third-order valence-corrected chi connectivity index (χ3v) is 4.16. The maximum atomic E-state index is 14.6. The first kappa shape index (κ1) is 15.2. The van der Waals surface area contributed by atoms with E-state index in [2.05, 4.69) is 0 Å². The fraction of sp³-hybridized carbons (Fsp3) is 0. The van der Waals surface area contributed by atoms with Crippen molar-refractivity contribution in [1.29, 1.82) is 0 Å². The molecule has 4 aromatic rings. The van der Waals surface area contributed by atoms with Crippen LogP contribution in [-0.2, 0) is 0 Å². The molecule has 2 aromatic carbocycles. The fourth-order valence-corrected chi connectivity index (χ4v) is 2.84. The average molecular weight is 328 g/mol. The van der Waals surface area contributed by atoms with Crippen molar-refractivity contribution in [1.82, 2.24) is 0 Å². The largest absolute Gasteiger partial charge is 0.211 e. The van der Waals surface area contributed by atoms with E-state index in [0.29, 0.717) is 5.56 Å². The van der Waals surface area contributed by atoms with Gasteiger partial charge in [-0.2, -0.15) is 13.5 Å². The molecule has 4 rings (SSSR count). The molecule has 2 heterocycles. The Hall–Kier alpha value is -3.33. The second-order valence-electron chi connectivity index (χ2n) is 5.78. The predicted molar refractivity (Wildman–Crippen MR) is 94.9 cm³/mol. The minimum Gasteiger partial charge on any atom is -0.200 e. The van der Waals surface area contributed by atoms with Gasteiger partial charge in [0.05, 0.1) is 0 Å². The topological polar surface area (TPSA) is 7.76 Å². The first-order valence-electron chi connectivity index (χ1n) is 8.15. The predicted octanol–water partition coefficient (Wildman–Crippen LogP) is 4.05. The lowest BCUT2D eigenvalue weighted by atomic mass is 10.1. The van der Waals surface area contributed by atoms with Crippen LogP contribution in [0.2, 0.25) is 0 Å². The van der Waals surface area contributed by atoms with Crippen LogP contribution < -0.4 is 9.13 Å². The number of nitrogens with zero attached hydrogens (tertiary/aromatic N) is 2. The molecule has 0 aliphatic rings. The van der Waals surface area contributed by atoms with Gasteiger partial charge in [0, 0.05) is 48.0 Å². The molecule has 0 saturated carbocycles. The number of aromatic nitrogens is 2. The Bertz CT molecular complexity index is 981. The van der Waals surface area contributed by atoms with E-state index in [1.165, 1.54) is 6.20 Å². The summed E-state index contributed by atoms with van der Waals surface area (Å²) < 4.78 is 18.4. The smallest absolute Gasteiger partial charge is 0.200 e. The molecule has 0 amide bonds.